The summed E-state index contributed by atoms with van der Waals surface area (Å²) in [4.78, 5) is 0. The number of rotatable bonds is 6. The molecule has 1 saturated carbocycles. The third-order valence-corrected chi connectivity index (χ3v) is 6.61. The van der Waals surface area contributed by atoms with Crippen LogP contribution in [0.4, 0.5) is 17.6 Å². The summed E-state index contributed by atoms with van der Waals surface area (Å²) in [6.45, 7) is 1.42. The fraction of sp³-hybridized carbons (Fsp3) is 0.333. The number of benzene rings is 3. The second-order valence-electron chi connectivity index (χ2n) is 8.84. The van der Waals surface area contributed by atoms with E-state index in [-0.39, 0.29) is 6.29 Å². The van der Waals surface area contributed by atoms with E-state index in [4.69, 9.17) is 9.47 Å². The summed E-state index contributed by atoms with van der Waals surface area (Å²) in [6.07, 6.45) is -0.276. The van der Waals surface area contributed by atoms with Gasteiger partial charge in [0.25, 0.3) is 0 Å². The van der Waals surface area contributed by atoms with E-state index in [0.717, 1.165) is 34.7 Å². The van der Waals surface area contributed by atoms with Crippen molar-refractivity contribution in [2.45, 2.75) is 31.7 Å². The predicted octanol–water partition coefficient (Wildman–Crippen LogP) is 7.22. The molecule has 3 aromatic carbocycles. The van der Waals surface area contributed by atoms with E-state index in [9.17, 15) is 17.6 Å². The van der Waals surface area contributed by atoms with Crippen molar-refractivity contribution >= 4 is 0 Å². The van der Waals surface area contributed by atoms with Gasteiger partial charge >= 0.3 is 6.11 Å². The molecule has 0 aromatic heterocycles. The fourth-order valence-corrected chi connectivity index (χ4v) is 4.33. The molecule has 1 saturated heterocycles. The van der Waals surface area contributed by atoms with Crippen LogP contribution in [0.25, 0.3) is 11.1 Å². The topological polar surface area (TPSA) is 27.7 Å². The van der Waals surface area contributed by atoms with Crippen molar-refractivity contribution in [3.63, 3.8) is 0 Å². The molecular weight excluding hydrogens is 448 g/mol. The van der Waals surface area contributed by atoms with Crippen LogP contribution < -0.4 is 4.74 Å². The van der Waals surface area contributed by atoms with Crippen molar-refractivity contribution in [2.24, 2.45) is 11.8 Å². The van der Waals surface area contributed by atoms with Crippen LogP contribution >= 0.6 is 0 Å². The van der Waals surface area contributed by atoms with Crippen LogP contribution in [0, 0.1) is 23.5 Å². The first-order valence-electron chi connectivity index (χ1n) is 11.3. The molecule has 0 radical (unpaired) electrons. The van der Waals surface area contributed by atoms with Gasteiger partial charge < -0.3 is 14.2 Å². The van der Waals surface area contributed by atoms with Crippen LogP contribution in [0.5, 0.6) is 5.75 Å². The fourth-order valence-electron chi connectivity index (χ4n) is 4.33. The van der Waals surface area contributed by atoms with Gasteiger partial charge in [-0.25, -0.2) is 8.78 Å². The van der Waals surface area contributed by atoms with Crippen molar-refractivity contribution in [1.29, 1.82) is 0 Å². The molecule has 0 bridgehead atoms. The quantitative estimate of drug-likeness (QED) is 0.355. The Morgan fingerprint density at radius 2 is 1.35 bits per heavy atom. The summed E-state index contributed by atoms with van der Waals surface area (Å²) in [5, 5.41) is 0. The van der Waals surface area contributed by atoms with Gasteiger partial charge in [0.05, 0.1) is 18.8 Å². The van der Waals surface area contributed by atoms with Crippen LogP contribution in [-0.4, -0.2) is 13.2 Å². The first-order valence-corrected chi connectivity index (χ1v) is 11.3. The first-order chi connectivity index (χ1) is 16.4. The lowest BCUT2D eigenvalue weighted by Gasteiger charge is -2.38. The molecule has 7 heteroatoms. The Bertz CT molecular complexity index is 1120. The number of alkyl halides is 2. The smallest absolute Gasteiger partial charge is 0.426 e. The second kappa shape index (κ2) is 9.39. The van der Waals surface area contributed by atoms with Gasteiger partial charge in [-0.3, -0.25) is 0 Å². The summed E-state index contributed by atoms with van der Waals surface area (Å²) in [5.74, 6) is -1.65. The maximum Gasteiger partial charge on any atom is 0.426 e. The molecule has 0 atom stereocenters. The molecule has 0 amide bonds. The maximum atomic E-state index is 14.5. The molecule has 178 valence electrons. The van der Waals surface area contributed by atoms with E-state index in [2.05, 4.69) is 4.74 Å². The van der Waals surface area contributed by atoms with Crippen molar-refractivity contribution in [3.8, 4) is 16.9 Å². The lowest BCUT2D eigenvalue weighted by Crippen LogP contribution is -2.35. The van der Waals surface area contributed by atoms with Crippen molar-refractivity contribution in [3.05, 3.63) is 89.5 Å². The zero-order valence-corrected chi connectivity index (χ0v) is 18.4. The summed E-state index contributed by atoms with van der Waals surface area (Å²) in [6, 6.07) is 15.5. The molecule has 5 rings (SSSR count). The van der Waals surface area contributed by atoms with Crippen LogP contribution in [0.15, 0.2) is 66.7 Å². The van der Waals surface area contributed by atoms with E-state index >= 15 is 0 Å². The highest BCUT2D eigenvalue weighted by Gasteiger charge is 2.35. The van der Waals surface area contributed by atoms with Crippen LogP contribution in [0.3, 0.4) is 0 Å². The monoisotopic (exact) mass is 472 g/mol. The highest BCUT2D eigenvalue weighted by atomic mass is 19.3. The van der Waals surface area contributed by atoms with E-state index in [0.29, 0.717) is 25.2 Å². The predicted molar refractivity (Wildman–Crippen MR) is 118 cm³/mol. The summed E-state index contributed by atoms with van der Waals surface area (Å²) in [7, 11) is 0. The summed E-state index contributed by atoms with van der Waals surface area (Å²) in [5.41, 5.74) is 2.11. The molecule has 0 N–H and O–H groups in total. The van der Waals surface area contributed by atoms with Crippen LogP contribution in [0.1, 0.15) is 36.7 Å². The normalized spacial score (nSPS) is 21.2. The molecule has 0 spiro atoms. The van der Waals surface area contributed by atoms with Gasteiger partial charge in [-0.1, -0.05) is 55.7 Å². The zero-order valence-electron chi connectivity index (χ0n) is 18.4. The SMILES string of the molecule is Fc1ccc(OC(F)(F)c2ccc(-c3ccc(C4OCC(C5CCC5)CO4)cc3)cc2)cc1F. The van der Waals surface area contributed by atoms with Gasteiger partial charge in [0, 0.05) is 17.5 Å². The molecule has 1 aliphatic carbocycles. The molecule has 3 nitrogen and oxygen atoms in total. The molecule has 2 fully saturated rings. The van der Waals surface area contributed by atoms with E-state index in [1.165, 1.54) is 31.4 Å². The maximum absolute atomic E-state index is 14.5. The van der Waals surface area contributed by atoms with Gasteiger partial charge in [0.15, 0.2) is 17.9 Å². The third kappa shape index (κ3) is 4.81. The Labute approximate surface area is 195 Å². The highest BCUT2D eigenvalue weighted by Crippen LogP contribution is 2.38. The Balaban J connectivity index is 1.23. The largest absolute Gasteiger partial charge is 0.429 e. The molecule has 1 heterocycles. The molecular formula is C27H24F4O3. The van der Waals surface area contributed by atoms with E-state index < -0.39 is 29.1 Å². The Morgan fingerprint density at radius 3 is 1.91 bits per heavy atom. The van der Waals surface area contributed by atoms with E-state index in [1.807, 2.05) is 24.3 Å². The Morgan fingerprint density at radius 1 is 0.735 bits per heavy atom. The van der Waals surface area contributed by atoms with Crippen LogP contribution in [0.2, 0.25) is 0 Å². The Hall–Kier alpha value is -2.90. The average molecular weight is 472 g/mol. The Kier molecular flexibility index (Phi) is 6.32. The third-order valence-electron chi connectivity index (χ3n) is 6.61. The van der Waals surface area contributed by atoms with Gasteiger partial charge in [0.1, 0.15) is 5.75 Å². The zero-order chi connectivity index (χ0) is 23.7. The molecule has 2 aliphatic rings. The molecule has 3 aromatic rings. The van der Waals surface area contributed by atoms with Gasteiger partial charge in [0.2, 0.25) is 0 Å². The minimum atomic E-state index is -3.71. The van der Waals surface area contributed by atoms with Crippen molar-refractivity contribution < 1.29 is 31.8 Å². The number of hydrogen-bond acceptors (Lipinski definition) is 3. The molecule has 34 heavy (non-hydrogen) atoms. The molecule has 1 aliphatic heterocycles. The summed E-state index contributed by atoms with van der Waals surface area (Å²) >= 11 is 0. The number of halogens is 4. The minimum Gasteiger partial charge on any atom is -0.429 e. The standard InChI is InChI=1S/C27H24F4O3/c28-24-13-12-23(14-25(24)29)34-27(30,31)22-10-8-19(9-11-22)18-4-6-20(7-5-18)26-32-15-21(16-33-26)17-2-1-3-17/h4-14,17,21,26H,1-3,15-16H2. The molecule has 0 unspecified atom stereocenters. The van der Waals surface area contributed by atoms with Gasteiger partial charge in [-0.05, 0) is 41.3 Å². The highest BCUT2D eigenvalue weighted by molar-refractivity contribution is 5.64. The average Bonchev–Trinajstić information content (AvgIpc) is 2.81. The number of ether oxygens (including phenoxy) is 3. The second-order valence-corrected chi connectivity index (χ2v) is 8.84. The lowest BCUT2D eigenvalue weighted by atomic mass is 9.76. The minimum absolute atomic E-state index is 0.389. The lowest BCUT2D eigenvalue weighted by molar-refractivity contribution is -0.216. The van der Waals surface area contributed by atoms with Crippen molar-refractivity contribution in [1.82, 2.24) is 0 Å². The first kappa shape index (κ1) is 22.9. The van der Waals surface area contributed by atoms with Crippen molar-refractivity contribution in [2.75, 3.05) is 13.2 Å². The summed E-state index contributed by atoms with van der Waals surface area (Å²) < 4.78 is 71.8. The van der Waals surface area contributed by atoms with Gasteiger partial charge in [-0.2, -0.15) is 8.78 Å². The van der Waals surface area contributed by atoms with Gasteiger partial charge in [-0.15, -0.1) is 0 Å². The van der Waals surface area contributed by atoms with E-state index in [1.54, 1.807) is 12.1 Å². The van der Waals surface area contributed by atoms with Crippen LogP contribution in [-0.2, 0) is 15.6 Å². The number of hydrogen-bond donors (Lipinski definition) is 0.